The number of nitrogens with one attached hydrogen (secondary N) is 1. The van der Waals surface area contributed by atoms with Gasteiger partial charge >= 0.3 is 6.18 Å². The quantitative estimate of drug-likeness (QED) is 0.601. The molecule has 0 atom stereocenters. The topological polar surface area (TPSA) is 61.3 Å². The maximum absolute atomic E-state index is 12.7. The van der Waals surface area contributed by atoms with Gasteiger partial charge in [-0.25, -0.2) is 9.97 Å². The summed E-state index contributed by atoms with van der Waals surface area (Å²) >= 11 is 1.07. The van der Waals surface area contributed by atoms with Crippen molar-refractivity contribution in [3.05, 3.63) is 52.7 Å². The molecule has 160 valence electrons. The summed E-state index contributed by atoms with van der Waals surface area (Å²) in [4.78, 5) is 11.6. The Morgan fingerprint density at radius 2 is 1.87 bits per heavy atom. The van der Waals surface area contributed by atoms with Crippen molar-refractivity contribution in [3.63, 3.8) is 0 Å². The van der Waals surface area contributed by atoms with Crippen molar-refractivity contribution < 1.29 is 18.3 Å². The van der Waals surface area contributed by atoms with E-state index in [9.17, 15) is 18.3 Å². The summed E-state index contributed by atoms with van der Waals surface area (Å²) in [6, 6.07) is 9.66. The van der Waals surface area contributed by atoms with E-state index in [4.69, 9.17) is 0 Å². The largest absolute Gasteiger partial charge is 0.393 e. The van der Waals surface area contributed by atoms with Gasteiger partial charge < -0.3 is 10.4 Å². The van der Waals surface area contributed by atoms with Crippen LogP contribution in [0.5, 0.6) is 0 Å². The lowest BCUT2D eigenvalue weighted by Crippen LogP contribution is -2.39. The predicted molar refractivity (Wildman–Crippen MR) is 111 cm³/mol. The number of fused-ring (bicyclic) bond motifs is 1. The van der Waals surface area contributed by atoms with Crippen molar-refractivity contribution in [1.82, 2.24) is 14.9 Å². The molecule has 0 bridgehead atoms. The number of hydrogen-bond donors (Lipinski definition) is 2. The number of aliphatic hydroxyl groups is 1. The monoisotopic (exact) mass is 436 g/mol. The first-order valence-corrected chi connectivity index (χ1v) is 10.7. The van der Waals surface area contributed by atoms with Gasteiger partial charge in [0.05, 0.1) is 18.4 Å². The van der Waals surface area contributed by atoms with Crippen LogP contribution in [0.25, 0.3) is 10.2 Å². The first-order chi connectivity index (χ1) is 14.4. The molecule has 1 aromatic carbocycles. The van der Waals surface area contributed by atoms with Gasteiger partial charge in [-0.05, 0) is 30.0 Å². The van der Waals surface area contributed by atoms with Gasteiger partial charge in [-0.1, -0.05) is 24.3 Å². The highest BCUT2D eigenvalue weighted by molar-refractivity contribution is 7.18. The molecule has 0 aliphatic carbocycles. The first-order valence-electron chi connectivity index (χ1n) is 9.88. The van der Waals surface area contributed by atoms with E-state index in [1.54, 1.807) is 6.07 Å². The molecule has 1 aliphatic rings. The van der Waals surface area contributed by atoms with E-state index in [1.807, 2.05) is 24.3 Å². The van der Waals surface area contributed by atoms with Crippen LogP contribution in [0.2, 0.25) is 0 Å². The Morgan fingerprint density at radius 1 is 1.13 bits per heavy atom. The van der Waals surface area contributed by atoms with Crippen LogP contribution >= 0.6 is 11.3 Å². The first kappa shape index (κ1) is 21.0. The third kappa shape index (κ3) is 5.08. The fraction of sp³-hybridized carbons (Fsp3) is 0.429. The van der Waals surface area contributed by atoms with Crippen LogP contribution in [-0.4, -0.2) is 45.3 Å². The molecule has 9 heteroatoms. The average Bonchev–Trinajstić information content (AvgIpc) is 3.11. The van der Waals surface area contributed by atoms with Crippen molar-refractivity contribution in [2.75, 3.05) is 18.4 Å². The molecule has 3 heterocycles. The molecule has 3 aromatic rings. The zero-order chi connectivity index (χ0) is 21.1. The Balaban J connectivity index is 1.38. The summed E-state index contributed by atoms with van der Waals surface area (Å²) in [5, 5.41) is 13.6. The number of aromatic nitrogens is 2. The van der Waals surface area contributed by atoms with Gasteiger partial charge in [0.1, 0.15) is 17.0 Å². The molecule has 0 amide bonds. The van der Waals surface area contributed by atoms with E-state index in [-0.39, 0.29) is 17.5 Å². The van der Waals surface area contributed by atoms with Crippen molar-refractivity contribution in [3.8, 4) is 0 Å². The number of benzene rings is 1. The fourth-order valence-corrected chi connectivity index (χ4v) is 4.87. The number of aliphatic hydroxyl groups excluding tert-OH is 1. The van der Waals surface area contributed by atoms with Crippen LogP contribution in [0.3, 0.4) is 0 Å². The summed E-state index contributed by atoms with van der Waals surface area (Å²) in [6.45, 7) is 2.63. The second-order valence-corrected chi connectivity index (χ2v) is 8.68. The van der Waals surface area contributed by atoms with E-state index in [0.29, 0.717) is 16.0 Å². The molecule has 0 unspecified atom stereocenters. The number of nitrogens with zero attached hydrogens (tertiary/aromatic N) is 3. The van der Waals surface area contributed by atoms with Crippen LogP contribution in [0.1, 0.15) is 28.8 Å². The SMILES string of the molecule is OCc1ccccc1CN1CCC(Nc2ncnc3sc(CC(F)(F)F)cc23)CC1. The molecular weight excluding hydrogens is 413 g/mol. The number of rotatable bonds is 6. The van der Waals surface area contributed by atoms with E-state index < -0.39 is 12.6 Å². The van der Waals surface area contributed by atoms with Crippen LogP contribution in [-0.2, 0) is 19.6 Å². The smallest absolute Gasteiger partial charge is 0.392 e. The molecule has 5 nitrogen and oxygen atoms in total. The maximum Gasteiger partial charge on any atom is 0.393 e. The van der Waals surface area contributed by atoms with Gasteiger partial charge in [-0.3, -0.25) is 4.90 Å². The van der Waals surface area contributed by atoms with Gasteiger partial charge in [0, 0.05) is 30.6 Å². The average molecular weight is 437 g/mol. The maximum atomic E-state index is 12.7. The highest BCUT2D eigenvalue weighted by Crippen LogP contribution is 2.33. The highest BCUT2D eigenvalue weighted by atomic mass is 32.1. The number of halogens is 3. The Kier molecular flexibility index (Phi) is 6.21. The van der Waals surface area contributed by atoms with Crippen molar-refractivity contribution in [2.24, 2.45) is 0 Å². The zero-order valence-electron chi connectivity index (χ0n) is 16.3. The summed E-state index contributed by atoms with van der Waals surface area (Å²) < 4.78 is 38.2. The second-order valence-electron chi connectivity index (χ2n) is 7.57. The van der Waals surface area contributed by atoms with Gasteiger partial charge in [-0.2, -0.15) is 13.2 Å². The molecule has 0 spiro atoms. The minimum Gasteiger partial charge on any atom is -0.392 e. The molecule has 1 fully saturated rings. The third-order valence-corrected chi connectivity index (χ3v) is 6.41. The molecule has 1 aliphatic heterocycles. The van der Waals surface area contributed by atoms with Crippen LogP contribution in [0, 0.1) is 0 Å². The van der Waals surface area contributed by atoms with Crippen molar-refractivity contribution in [1.29, 1.82) is 0 Å². The number of piperidine rings is 1. The van der Waals surface area contributed by atoms with E-state index >= 15 is 0 Å². The van der Waals surface area contributed by atoms with Gasteiger partial charge in [-0.15, -0.1) is 11.3 Å². The lowest BCUT2D eigenvalue weighted by atomic mass is 10.0. The fourth-order valence-electron chi connectivity index (χ4n) is 3.84. The predicted octanol–water partition coefficient (Wildman–Crippen LogP) is 4.36. The molecular formula is C21H23F3N4OS. The molecule has 0 radical (unpaired) electrons. The summed E-state index contributed by atoms with van der Waals surface area (Å²) in [5.74, 6) is 0.605. The summed E-state index contributed by atoms with van der Waals surface area (Å²) in [5.41, 5.74) is 2.09. The Bertz CT molecular complexity index is 999. The number of thiophene rings is 1. The summed E-state index contributed by atoms with van der Waals surface area (Å²) in [6.07, 6.45) is -1.96. The summed E-state index contributed by atoms with van der Waals surface area (Å²) in [7, 11) is 0. The van der Waals surface area contributed by atoms with Crippen LogP contribution in [0.15, 0.2) is 36.7 Å². The van der Waals surface area contributed by atoms with Gasteiger partial charge in [0.25, 0.3) is 0 Å². The minimum atomic E-state index is -4.23. The second kappa shape index (κ2) is 8.87. The minimum absolute atomic E-state index is 0.0366. The normalized spacial score (nSPS) is 16.3. The Hall–Kier alpha value is -2.23. The Morgan fingerprint density at radius 3 is 2.57 bits per heavy atom. The van der Waals surface area contributed by atoms with Crippen molar-refractivity contribution in [2.45, 2.75) is 44.6 Å². The number of hydrogen-bond acceptors (Lipinski definition) is 6. The van der Waals surface area contributed by atoms with Crippen LogP contribution in [0.4, 0.5) is 19.0 Å². The lowest BCUT2D eigenvalue weighted by molar-refractivity contribution is -0.126. The zero-order valence-corrected chi connectivity index (χ0v) is 17.1. The number of anilines is 1. The molecule has 2 aromatic heterocycles. The van der Waals surface area contributed by atoms with Gasteiger partial charge in [0.2, 0.25) is 0 Å². The molecule has 0 saturated carbocycles. The molecule has 1 saturated heterocycles. The van der Waals surface area contributed by atoms with E-state index in [2.05, 4.69) is 20.2 Å². The lowest BCUT2D eigenvalue weighted by Gasteiger charge is -2.33. The highest BCUT2D eigenvalue weighted by Gasteiger charge is 2.29. The van der Waals surface area contributed by atoms with Gasteiger partial charge in [0.15, 0.2) is 0 Å². The third-order valence-electron chi connectivity index (χ3n) is 5.37. The molecule has 2 N–H and O–H groups in total. The molecule has 4 rings (SSSR count). The van der Waals surface area contributed by atoms with Crippen LogP contribution < -0.4 is 5.32 Å². The van der Waals surface area contributed by atoms with Crippen molar-refractivity contribution >= 4 is 27.4 Å². The van der Waals surface area contributed by atoms with E-state index in [1.165, 1.54) is 6.33 Å². The standard InChI is InChI=1S/C21H23F3N4OS/c22-21(23,24)10-17-9-18-19(25-13-26-20(18)30-17)27-16-5-7-28(8-6-16)11-14-3-1-2-4-15(14)12-29/h1-4,9,13,16,29H,5-8,10-12H2,(H,25,26,27). The van der Waals surface area contributed by atoms with E-state index in [0.717, 1.165) is 54.9 Å². The molecule has 30 heavy (non-hydrogen) atoms. The number of alkyl halides is 3. The number of likely N-dealkylation sites (tertiary alicyclic amines) is 1. The Labute approximate surface area is 176 Å².